The van der Waals surface area contributed by atoms with Crippen molar-refractivity contribution in [3.63, 3.8) is 0 Å². The van der Waals surface area contributed by atoms with E-state index in [1.165, 1.54) is 0 Å². The predicted molar refractivity (Wildman–Crippen MR) is 163 cm³/mol. The molecule has 0 bridgehead atoms. The maximum atomic E-state index is 11.9. The van der Waals surface area contributed by atoms with E-state index in [4.69, 9.17) is 10.2 Å². The van der Waals surface area contributed by atoms with Gasteiger partial charge in [0.15, 0.2) is 0 Å². The van der Waals surface area contributed by atoms with Gasteiger partial charge in [-0.2, -0.15) is 0 Å². The van der Waals surface area contributed by atoms with Gasteiger partial charge in [0.25, 0.3) is 0 Å². The molecule has 230 valence electrons. The summed E-state index contributed by atoms with van der Waals surface area (Å²) in [6.45, 7) is 11.3. The van der Waals surface area contributed by atoms with Crippen molar-refractivity contribution in [3.8, 4) is 33.6 Å². The molecular formula is C32H36N6O6. The highest BCUT2D eigenvalue weighted by molar-refractivity contribution is 6.32. The molecule has 2 aromatic carbocycles. The first-order valence-corrected chi connectivity index (χ1v) is 13.9. The fourth-order valence-electron chi connectivity index (χ4n) is 4.72. The molecule has 0 spiro atoms. The zero-order valence-electron chi connectivity index (χ0n) is 25.4. The average molecular weight is 601 g/mol. The summed E-state index contributed by atoms with van der Waals surface area (Å²) >= 11 is 0. The number of H-pyrrole nitrogens is 2. The number of nitrogens with zero attached hydrogens (tertiary/aromatic N) is 2. The number of aliphatic carboxylic acids is 2. The first-order valence-electron chi connectivity index (χ1n) is 13.9. The molecule has 2 unspecified atom stereocenters. The summed E-state index contributed by atoms with van der Waals surface area (Å²) in [6.07, 6.45) is 3.31. The molecule has 44 heavy (non-hydrogen) atoms. The van der Waals surface area contributed by atoms with Gasteiger partial charge in [-0.25, -0.2) is 19.6 Å². The molecule has 12 heteroatoms. The topological polar surface area (TPSA) is 190 Å². The van der Waals surface area contributed by atoms with Crippen LogP contribution in [0.1, 0.15) is 65.3 Å². The van der Waals surface area contributed by atoms with Crippen LogP contribution in [0.3, 0.4) is 0 Å². The molecule has 0 aliphatic carbocycles. The highest BCUT2D eigenvalue weighted by atomic mass is 16.4. The number of amides is 2. The molecule has 2 amide bonds. The molecule has 0 fully saturated rings. The first-order chi connectivity index (χ1) is 20.5. The lowest BCUT2D eigenvalue weighted by Crippen LogP contribution is -2.40. The summed E-state index contributed by atoms with van der Waals surface area (Å²) in [4.78, 5) is 61.2. The molecule has 4 rings (SSSR count). The second-order valence-corrected chi connectivity index (χ2v) is 12.7. The van der Waals surface area contributed by atoms with Crippen molar-refractivity contribution in [3.05, 3.63) is 72.6 Å². The molecule has 2 atom stereocenters. The van der Waals surface area contributed by atoms with E-state index in [-0.39, 0.29) is 0 Å². The van der Waals surface area contributed by atoms with E-state index in [0.29, 0.717) is 11.6 Å². The molecule has 0 saturated carbocycles. The number of carbonyl (C=O) groups excluding carboxylic acids is 2. The minimum absolute atomic E-state index is 0.460. The van der Waals surface area contributed by atoms with Crippen LogP contribution >= 0.6 is 0 Å². The number of aromatic nitrogens is 4. The summed E-state index contributed by atoms with van der Waals surface area (Å²) in [6, 6.07) is 14.4. The Morgan fingerprint density at radius 1 is 0.591 bits per heavy atom. The minimum Gasteiger partial charge on any atom is -0.474 e. The molecule has 4 aromatic rings. The lowest BCUT2D eigenvalue weighted by atomic mass is 9.86. The smallest absolute Gasteiger partial charge is 0.394 e. The number of carboxylic acid groups (broad SMARTS) is 2. The average Bonchev–Trinajstić information content (AvgIpc) is 3.64. The Morgan fingerprint density at radius 3 is 1.16 bits per heavy atom. The van der Waals surface area contributed by atoms with Gasteiger partial charge in [0.05, 0.1) is 35.9 Å². The van der Waals surface area contributed by atoms with E-state index < -0.39 is 46.7 Å². The van der Waals surface area contributed by atoms with E-state index in [2.05, 4.69) is 30.6 Å². The molecule has 6 N–H and O–H groups in total. The van der Waals surface area contributed by atoms with Gasteiger partial charge in [0.1, 0.15) is 11.6 Å². The summed E-state index contributed by atoms with van der Waals surface area (Å²) in [5.41, 5.74) is 4.18. The van der Waals surface area contributed by atoms with E-state index in [9.17, 15) is 19.2 Å². The first kappa shape index (κ1) is 31.7. The Kier molecular flexibility index (Phi) is 8.75. The monoisotopic (exact) mass is 600 g/mol. The van der Waals surface area contributed by atoms with Crippen LogP contribution in [0.25, 0.3) is 33.6 Å². The van der Waals surface area contributed by atoms with Gasteiger partial charge < -0.3 is 30.8 Å². The molecular weight excluding hydrogens is 564 g/mol. The third kappa shape index (κ3) is 7.20. The molecule has 0 radical (unpaired) electrons. The van der Waals surface area contributed by atoms with Gasteiger partial charge in [-0.1, -0.05) is 90.1 Å². The van der Waals surface area contributed by atoms with Crippen LogP contribution < -0.4 is 10.6 Å². The summed E-state index contributed by atoms with van der Waals surface area (Å²) < 4.78 is 0. The predicted octanol–water partition coefficient (Wildman–Crippen LogP) is 4.71. The zero-order valence-corrected chi connectivity index (χ0v) is 25.4. The lowest BCUT2D eigenvalue weighted by Gasteiger charge is -2.29. The largest absolute Gasteiger partial charge is 0.474 e. The van der Waals surface area contributed by atoms with Crippen molar-refractivity contribution in [2.24, 2.45) is 10.8 Å². The van der Waals surface area contributed by atoms with Crippen LogP contribution in [-0.4, -0.2) is 53.9 Å². The number of rotatable bonds is 7. The molecule has 12 nitrogen and oxygen atoms in total. The normalized spacial score (nSPS) is 13.1. The van der Waals surface area contributed by atoms with Gasteiger partial charge in [0, 0.05) is 0 Å². The number of hydrogen-bond donors (Lipinski definition) is 6. The fourth-order valence-corrected chi connectivity index (χ4v) is 4.72. The number of benzene rings is 2. The van der Waals surface area contributed by atoms with E-state index in [1.54, 1.807) is 12.4 Å². The molecule has 2 heterocycles. The molecule has 2 aromatic heterocycles. The van der Waals surface area contributed by atoms with Crippen LogP contribution in [0.15, 0.2) is 60.9 Å². The Balaban J connectivity index is 1.50. The van der Waals surface area contributed by atoms with Crippen LogP contribution in [0.2, 0.25) is 0 Å². The van der Waals surface area contributed by atoms with E-state index >= 15 is 0 Å². The lowest BCUT2D eigenvalue weighted by molar-refractivity contribution is -0.151. The van der Waals surface area contributed by atoms with Gasteiger partial charge in [-0.05, 0) is 33.1 Å². The van der Waals surface area contributed by atoms with Crippen LogP contribution in [0.4, 0.5) is 0 Å². The second kappa shape index (κ2) is 12.2. The minimum atomic E-state index is -1.55. The number of imidazole rings is 2. The van der Waals surface area contributed by atoms with Gasteiger partial charge in [-0.15, -0.1) is 0 Å². The zero-order chi connectivity index (χ0) is 32.4. The van der Waals surface area contributed by atoms with E-state index in [1.807, 2.05) is 90.1 Å². The Morgan fingerprint density at radius 2 is 0.886 bits per heavy atom. The quantitative estimate of drug-likeness (QED) is 0.164. The molecule has 0 saturated heterocycles. The highest BCUT2D eigenvalue weighted by Crippen LogP contribution is 2.34. The third-order valence-electron chi connectivity index (χ3n) is 7.13. The summed E-state index contributed by atoms with van der Waals surface area (Å²) in [5.74, 6) is -4.38. The summed E-state index contributed by atoms with van der Waals surface area (Å²) in [7, 11) is 0. The SMILES string of the molecule is CC(C)(C)C(NC(=O)C(=O)O)c1ncc(-c2ccc(-c3ccc(-c4cnc(C(NC(=O)C(=O)O)C(C)(C)C)[nH]4)cc3)cc2)[nH]1. The van der Waals surface area contributed by atoms with Crippen LogP contribution in [-0.2, 0) is 19.2 Å². The maximum absolute atomic E-state index is 11.9. The third-order valence-corrected chi connectivity index (χ3v) is 7.13. The van der Waals surface area contributed by atoms with Crippen molar-refractivity contribution < 1.29 is 29.4 Å². The van der Waals surface area contributed by atoms with Crippen LogP contribution in [0.5, 0.6) is 0 Å². The van der Waals surface area contributed by atoms with Crippen LogP contribution in [0, 0.1) is 10.8 Å². The van der Waals surface area contributed by atoms with Crippen molar-refractivity contribution >= 4 is 23.8 Å². The Labute approximate surface area is 254 Å². The number of carboxylic acids is 2. The number of hydrogen-bond acceptors (Lipinski definition) is 6. The Hall–Kier alpha value is -5.26. The van der Waals surface area contributed by atoms with Crippen molar-refractivity contribution in [2.75, 3.05) is 0 Å². The molecule has 0 aliphatic rings. The van der Waals surface area contributed by atoms with Crippen molar-refractivity contribution in [1.29, 1.82) is 0 Å². The number of carbonyl (C=O) groups is 4. The van der Waals surface area contributed by atoms with Gasteiger partial charge >= 0.3 is 23.8 Å². The standard InChI is InChI=1S/C32H36N6O6/c1-31(2,3)23(37-27(39)29(41)42)25-33-15-21(35-25)19-11-7-17(8-12-19)18-9-13-20(14-10-18)22-16-34-26(36-22)24(32(4,5)6)38-28(40)30(43)44/h7-16,23-24H,1-6H3,(H,33,35)(H,34,36)(H,37,39)(H,38,40)(H,41,42)(H,43,44). The molecule has 0 aliphatic heterocycles. The van der Waals surface area contributed by atoms with Gasteiger partial charge in [0.2, 0.25) is 0 Å². The van der Waals surface area contributed by atoms with Crippen molar-refractivity contribution in [2.45, 2.75) is 53.6 Å². The van der Waals surface area contributed by atoms with Gasteiger partial charge in [-0.3, -0.25) is 9.59 Å². The van der Waals surface area contributed by atoms with Crippen molar-refractivity contribution in [1.82, 2.24) is 30.6 Å². The van der Waals surface area contributed by atoms with E-state index in [0.717, 1.165) is 33.6 Å². The maximum Gasteiger partial charge on any atom is 0.394 e. The number of aromatic amines is 2. The Bertz CT molecular complexity index is 1550. The fraction of sp³-hybridized carbons (Fsp3) is 0.312. The summed E-state index contributed by atoms with van der Waals surface area (Å²) in [5, 5.41) is 23.1. The highest BCUT2D eigenvalue weighted by Gasteiger charge is 2.33. The number of nitrogens with one attached hydrogen (secondary N) is 4. The second-order valence-electron chi connectivity index (χ2n) is 12.7.